The molecule has 0 aliphatic carbocycles. The molecule has 1 N–H and O–H groups in total. The molecule has 3 aromatic carbocycles. The maximum Gasteiger partial charge on any atom is 0.266 e. The molecule has 0 spiro atoms. The number of nitrogens with zero attached hydrogens (tertiary/aromatic N) is 1. The molecule has 0 aliphatic heterocycles. The third kappa shape index (κ3) is 6.34. The van der Waals surface area contributed by atoms with E-state index in [1.54, 1.807) is 55.6 Å². The van der Waals surface area contributed by atoms with Crippen LogP contribution in [0.15, 0.2) is 70.7 Å². The van der Waals surface area contributed by atoms with Gasteiger partial charge in [0, 0.05) is 10.2 Å². The predicted octanol–water partition coefficient (Wildman–Crippen LogP) is 5.73. The Morgan fingerprint density at radius 1 is 1.09 bits per heavy atom. The average Bonchev–Trinajstić information content (AvgIpc) is 2.82. The molecular weight excluding hydrogens is 491 g/mol. The van der Waals surface area contributed by atoms with E-state index in [0.29, 0.717) is 38.5 Å². The Balaban J connectivity index is 1.80. The zero-order valence-corrected chi connectivity index (χ0v) is 19.5. The Morgan fingerprint density at radius 3 is 2.48 bits per heavy atom. The van der Waals surface area contributed by atoms with Gasteiger partial charge in [-0.2, -0.15) is 5.26 Å². The summed E-state index contributed by atoms with van der Waals surface area (Å²) in [4.78, 5) is 12.6. The van der Waals surface area contributed by atoms with Gasteiger partial charge in [0.25, 0.3) is 5.91 Å². The summed E-state index contributed by atoms with van der Waals surface area (Å²) >= 11 is 3.44. The van der Waals surface area contributed by atoms with E-state index in [9.17, 15) is 14.4 Å². The second kappa shape index (κ2) is 11.2. The number of methoxy groups -OCH3 is 2. The summed E-state index contributed by atoms with van der Waals surface area (Å²) in [6, 6.07) is 18.1. The molecule has 0 saturated heterocycles. The number of carbonyl (C=O) groups excluding carboxylic acids is 1. The fraction of sp³-hybridized carbons (Fsp3) is 0.120. The molecule has 0 fully saturated rings. The number of ether oxygens (including phenoxy) is 3. The standard InChI is InChI=1S/C25H20BrFN2O4/c1-31-21-8-6-20(7-9-21)29-25(30)18(14-28)11-17-12-23(32-2)24(13-22(17)26)33-15-16-4-3-5-19(27)10-16/h3-13H,15H2,1-2H3,(H,29,30)/b18-11-. The number of nitrogens with one attached hydrogen (secondary N) is 1. The van der Waals surface area contributed by atoms with Crippen LogP contribution < -0.4 is 19.5 Å². The van der Waals surface area contributed by atoms with E-state index < -0.39 is 5.91 Å². The number of halogens is 2. The number of benzene rings is 3. The third-order valence-electron chi connectivity index (χ3n) is 4.58. The summed E-state index contributed by atoms with van der Waals surface area (Å²) in [7, 11) is 3.03. The third-order valence-corrected chi connectivity index (χ3v) is 5.27. The molecule has 0 atom stereocenters. The Morgan fingerprint density at radius 2 is 1.85 bits per heavy atom. The number of hydrogen-bond acceptors (Lipinski definition) is 5. The molecule has 0 heterocycles. The number of carbonyl (C=O) groups is 1. The predicted molar refractivity (Wildman–Crippen MR) is 127 cm³/mol. The highest BCUT2D eigenvalue weighted by atomic mass is 79.9. The summed E-state index contributed by atoms with van der Waals surface area (Å²) in [6.45, 7) is 0.142. The number of anilines is 1. The second-order valence-electron chi connectivity index (χ2n) is 6.80. The van der Waals surface area contributed by atoms with E-state index in [0.717, 1.165) is 0 Å². The SMILES string of the molecule is COc1ccc(NC(=O)/C(C#N)=C\c2cc(OC)c(OCc3cccc(F)c3)cc2Br)cc1. The van der Waals surface area contributed by atoms with Gasteiger partial charge in [0.1, 0.15) is 29.8 Å². The van der Waals surface area contributed by atoms with Crippen LogP contribution in [0, 0.1) is 17.1 Å². The smallest absolute Gasteiger partial charge is 0.266 e. The van der Waals surface area contributed by atoms with Crippen LogP contribution in [0.1, 0.15) is 11.1 Å². The van der Waals surface area contributed by atoms with Gasteiger partial charge >= 0.3 is 0 Å². The molecular formula is C25H20BrFN2O4. The van der Waals surface area contributed by atoms with Gasteiger partial charge < -0.3 is 19.5 Å². The lowest BCUT2D eigenvalue weighted by Crippen LogP contribution is -2.13. The molecule has 0 radical (unpaired) electrons. The van der Waals surface area contributed by atoms with Crippen LogP contribution in [0.5, 0.6) is 17.2 Å². The second-order valence-corrected chi connectivity index (χ2v) is 7.65. The molecule has 0 aromatic heterocycles. The molecule has 3 aromatic rings. The van der Waals surface area contributed by atoms with Crippen molar-refractivity contribution in [3.05, 3.63) is 87.7 Å². The van der Waals surface area contributed by atoms with Crippen LogP contribution in [0.4, 0.5) is 10.1 Å². The van der Waals surface area contributed by atoms with E-state index in [1.807, 2.05) is 6.07 Å². The highest BCUT2D eigenvalue weighted by molar-refractivity contribution is 9.10. The molecule has 6 nitrogen and oxygen atoms in total. The van der Waals surface area contributed by atoms with Crippen LogP contribution in [-0.2, 0) is 11.4 Å². The van der Waals surface area contributed by atoms with Crippen molar-refractivity contribution in [3.63, 3.8) is 0 Å². The first-order valence-corrected chi connectivity index (χ1v) is 10.5. The summed E-state index contributed by atoms with van der Waals surface area (Å²) in [5, 5.41) is 12.2. The largest absolute Gasteiger partial charge is 0.497 e. The maximum absolute atomic E-state index is 13.4. The molecule has 0 aliphatic rings. The van der Waals surface area contributed by atoms with Gasteiger partial charge in [-0.25, -0.2) is 4.39 Å². The van der Waals surface area contributed by atoms with Crippen molar-refractivity contribution in [2.45, 2.75) is 6.61 Å². The number of amides is 1. The molecule has 0 saturated carbocycles. The van der Waals surface area contributed by atoms with Crippen LogP contribution in [0.3, 0.4) is 0 Å². The Hall–Kier alpha value is -3.83. The van der Waals surface area contributed by atoms with E-state index in [-0.39, 0.29) is 18.0 Å². The Labute approximate surface area is 199 Å². The van der Waals surface area contributed by atoms with E-state index in [2.05, 4.69) is 21.2 Å². The number of rotatable bonds is 8. The van der Waals surface area contributed by atoms with E-state index in [1.165, 1.54) is 25.3 Å². The molecule has 1 amide bonds. The van der Waals surface area contributed by atoms with E-state index >= 15 is 0 Å². The normalized spacial score (nSPS) is 10.8. The highest BCUT2D eigenvalue weighted by Crippen LogP contribution is 2.35. The molecule has 33 heavy (non-hydrogen) atoms. The lowest BCUT2D eigenvalue weighted by Gasteiger charge is -2.13. The fourth-order valence-electron chi connectivity index (χ4n) is 2.90. The van der Waals surface area contributed by atoms with Crippen LogP contribution in [0.25, 0.3) is 6.08 Å². The zero-order chi connectivity index (χ0) is 23.8. The summed E-state index contributed by atoms with van der Waals surface area (Å²) in [5.74, 6) is 0.571. The van der Waals surface area contributed by atoms with Gasteiger partial charge in [0.05, 0.1) is 14.2 Å². The zero-order valence-electron chi connectivity index (χ0n) is 17.9. The number of hydrogen-bond donors (Lipinski definition) is 1. The monoisotopic (exact) mass is 510 g/mol. The van der Waals surface area contributed by atoms with Gasteiger partial charge in [0.2, 0.25) is 0 Å². The first-order chi connectivity index (χ1) is 15.9. The summed E-state index contributed by atoms with van der Waals surface area (Å²) in [6.07, 6.45) is 1.45. The van der Waals surface area contributed by atoms with Crippen LogP contribution in [-0.4, -0.2) is 20.1 Å². The molecule has 0 unspecified atom stereocenters. The lowest BCUT2D eigenvalue weighted by molar-refractivity contribution is -0.112. The van der Waals surface area contributed by atoms with Crippen LogP contribution in [0.2, 0.25) is 0 Å². The topological polar surface area (TPSA) is 80.6 Å². The van der Waals surface area contributed by atoms with Crippen molar-refractivity contribution < 1.29 is 23.4 Å². The maximum atomic E-state index is 13.4. The number of nitriles is 1. The first-order valence-electron chi connectivity index (χ1n) is 9.75. The van der Waals surface area contributed by atoms with Crippen molar-refractivity contribution >= 4 is 33.6 Å². The average molecular weight is 511 g/mol. The summed E-state index contributed by atoms with van der Waals surface area (Å²) < 4.78 is 30.3. The van der Waals surface area contributed by atoms with Crippen molar-refractivity contribution in [2.75, 3.05) is 19.5 Å². The summed E-state index contributed by atoms with van der Waals surface area (Å²) in [5.41, 5.74) is 1.65. The van der Waals surface area contributed by atoms with Gasteiger partial charge in [0.15, 0.2) is 11.5 Å². The minimum Gasteiger partial charge on any atom is -0.497 e. The van der Waals surface area contributed by atoms with Crippen molar-refractivity contribution in [3.8, 4) is 23.3 Å². The van der Waals surface area contributed by atoms with Gasteiger partial charge in [-0.1, -0.05) is 28.1 Å². The quantitative estimate of drug-likeness (QED) is 0.309. The highest BCUT2D eigenvalue weighted by Gasteiger charge is 2.14. The minimum atomic E-state index is -0.556. The Bertz CT molecular complexity index is 1220. The fourth-order valence-corrected chi connectivity index (χ4v) is 3.34. The lowest BCUT2D eigenvalue weighted by atomic mass is 10.1. The van der Waals surface area contributed by atoms with Crippen molar-refractivity contribution in [1.29, 1.82) is 5.26 Å². The first kappa shape index (κ1) is 23.8. The molecule has 0 bridgehead atoms. The van der Waals surface area contributed by atoms with Gasteiger partial charge in [-0.3, -0.25) is 4.79 Å². The van der Waals surface area contributed by atoms with Crippen molar-refractivity contribution in [1.82, 2.24) is 0 Å². The minimum absolute atomic E-state index is 0.0954. The molecule has 8 heteroatoms. The van der Waals surface area contributed by atoms with Crippen molar-refractivity contribution in [2.24, 2.45) is 0 Å². The van der Waals surface area contributed by atoms with E-state index in [4.69, 9.17) is 14.2 Å². The van der Waals surface area contributed by atoms with Gasteiger partial charge in [-0.05, 0) is 65.7 Å². The Kier molecular flexibility index (Phi) is 8.06. The van der Waals surface area contributed by atoms with Crippen LogP contribution >= 0.6 is 15.9 Å². The molecule has 168 valence electrons. The van der Waals surface area contributed by atoms with Gasteiger partial charge in [-0.15, -0.1) is 0 Å². The molecule has 3 rings (SSSR count).